The van der Waals surface area contributed by atoms with Crippen molar-refractivity contribution >= 4 is 5.91 Å². The molecule has 1 aromatic rings. The number of hydrogen-bond acceptors (Lipinski definition) is 3. The largest absolute Gasteiger partial charge is 0.338 e. The van der Waals surface area contributed by atoms with Crippen molar-refractivity contribution in [3.05, 3.63) is 18.2 Å². The molecule has 1 aliphatic heterocycles. The molecule has 2 fully saturated rings. The number of aryl methyl sites for hydroxylation is 1. The molecule has 1 aliphatic carbocycles. The summed E-state index contributed by atoms with van der Waals surface area (Å²) in [6, 6.07) is 0.329. The van der Waals surface area contributed by atoms with E-state index in [0.29, 0.717) is 24.3 Å². The molecule has 2 heterocycles. The van der Waals surface area contributed by atoms with Crippen LogP contribution in [0.2, 0.25) is 0 Å². The molecular formula is C18H30N4O. The number of carbonyl (C=O) groups is 1. The van der Waals surface area contributed by atoms with Gasteiger partial charge in [0, 0.05) is 51.0 Å². The first-order valence-corrected chi connectivity index (χ1v) is 9.10. The van der Waals surface area contributed by atoms with Crippen LogP contribution in [0.5, 0.6) is 0 Å². The second-order valence-electron chi connectivity index (χ2n) is 7.42. The minimum atomic E-state index is 0.329. The molecule has 1 aromatic heterocycles. The fraction of sp³-hybridized carbons (Fsp3) is 0.778. The smallest absolute Gasteiger partial charge is 0.224 e. The molecule has 1 saturated heterocycles. The van der Waals surface area contributed by atoms with Gasteiger partial charge in [0.2, 0.25) is 5.91 Å². The van der Waals surface area contributed by atoms with Crippen LogP contribution in [0.1, 0.15) is 45.9 Å². The highest BCUT2D eigenvalue weighted by Crippen LogP contribution is 2.32. The molecule has 1 atom stereocenters. The van der Waals surface area contributed by atoms with E-state index < -0.39 is 0 Å². The molecule has 2 aliphatic rings. The van der Waals surface area contributed by atoms with E-state index >= 15 is 0 Å². The Kier molecular flexibility index (Phi) is 5.05. The van der Waals surface area contributed by atoms with Gasteiger partial charge in [0.1, 0.15) is 5.82 Å². The van der Waals surface area contributed by atoms with Crippen molar-refractivity contribution in [1.82, 2.24) is 19.4 Å². The van der Waals surface area contributed by atoms with Gasteiger partial charge in [-0.3, -0.25) is 9.69 Å². The molecule has 1 unspecified atom stereocenters. The van der Waals surface area contributed by atoms with E-state index in [1.807, 2.05) is 12.4 Å². The summed E-state index contributed by atoms with van der Waals surface area (Å²) in [4.78, 5) is 21.8. The second-order valence-corrected chi connectivity index (χ2v) is 7.42. The zero-order chi connectivity index (χ0) is 16.4. The van der Waals surface area contributed by atoms with Crippen molar-refractivity contribution in [2.24, 2.45) is 11.8 Å². The van der Waals surface area contributed by atoms with Crippen LogP contribution in [0.25, 0.3) is 0 Å². The van der Waals surface area contributed by atoms with Crippen LogP contribution in [0, 0.1) is 11.8 Å². The average Bonchev–Trinajstić information content (AvgIpc) is 3.26. The summed E-state index contributed by atoms with van der Waals surface area (Å²) < 4.78 is 2.19. The van der Waals surface area contributed by atoms with Gasteiger partial charge in [0.15, 0.2) is 0 Å². The Balaban J connectivity index is 1.72. The lowest BCUT2D eigenvalue weighted by Gasteiger charge is -2.34. The summed E-state index contributed by atoms with van der Waals surface area (Å²) in [6.07, 6.45) is 7.15. The summed E-state index contributed by atoms with van der Waals surface area (Å²) >= 11 is 0. The molecule has 0 N–H and O–H groups in total. The minimum Gasteiger partial charge on any atom is -0.338 e. The lowest BCUT2D eigenvalue weighted by atomic mass is 10.0. The maximum absolute atomic E-state index is 12.6. The van der Waals surface area contributed by atoms with Gasteiger partial charge in [-0.15, -0.1) is 0 Å². The van der Waals surface area contributed by atoms with Crippen LogP contribution in [-0.4, -0.2) is 50.9 Å². The van der Waals surface area contributed by atoms with E-state index in [0.717, 1.165) is 44.5 Å². The standard InChI is InChI=1S/C18H30N4O/c1-4-21-10-8-19-17(21)13-20-9-7-18(23)22(11-15-5-6-15)16(12-20)14(2)3/h8,10,14-16H,4-7,9,11-13H2,1-3H3. The lowest BCUT2D eigenvalue weighted by molar-refractivity contribution is -0.133. The summed E-state index contributed by atoms with van der Waals surface area (Å²) in [6.45, 7) is 11.2. The zero-order valence-corrected chi connectivity index (χ0v) is 14.7. The summed E-state index contributed by atoms with van der Waals surface area (Å²) in [5, 5.41) is 0. The van der Waals surface area contributed by atoms with Gasteiger partial charge in [-0.1, -0.05) is 13.8 Å². The van der Waals surface area contributed by atoms with Crippen molar-refractivity contribution in [1.29, 1.82) is 0 Å². The van der Waals surface area contributed by atoms with Crippen LogP contribution < -0.4 is 0 Å². The number of rotatable bonds is 6. The first kappa shape index (κ1) is 16.5. The number of amides is 1. The highest BCUT2D eigenvalue weighted by atomic mass is 16.2. The van der Waals surface area contributed by atoms with Crippen molar-refractivity contribution in [2.45, 2.75) is 59.2 Å². The lowest BCUT2D eigenvalue weighted by Crippen LogP contribution is -2.47. The number of carbonyl (C=O) groups excluding carboxylic acids is 1. The molecule has 0 radical (unpaired) electrons. The molecule has 23 heavy (non-hydrogen) atoms. The summed E-state index contributed by atoms with van der Waals surface area (Å²) in [5.74, 6) is 2.70. The first-order chi connectivity index (χ1) is 11.1. The van der Waals surface area contributed by atoms with Gasteiger partial charge in [0.05, 0.1) is 6.54 Å². The van der Waals surface area contributed by atoms with E-state index in [2.05, 4.69) is 40.1 Å². The fourth-order valence-electron chi connectivity index (χ4n) is 3.55. The Bertz CT molecular complexity index is 535. The Morgan fingerprint density at radius 2 is 2.13 bits per heavy atom. The molecule has 0 aromatic carbocycles. The number of imidazole rings is 1. The number of hydrogen-bond donors (Lipinski definition) is 0. The normalized spacial score (nSPS) is 23.6. The van der Waals surface area contributed by atoms with E-state index in [4.69, 9.17) is 0 Å². The van der Waals surface area contributed by atoms with Gasteiger partial charge in [-0.05, 0) is 31.6 Å². The Morgan fingerprint density at radius 3 is 2.78 bits per heavy atom. The van der Waals surface area contributed by atoms with Crippen molar-refractivity contribution in [3.8, 4) is 0 Å². The molecular weight excluding hydrogens is 288 g/mol. The monoisotopic (exact) mass is 318 g/mol. The van der Waals surface area contributed by atoms with E-state index in [1.54, 1.807) is 0 Å². The highest BCUT2D eigenvalue weighted by molar-refractivity contribution is 5.77. The average molecular weight is 318 g/mol. The fourth-order valence-corrected chi connectivity index (χ4v) is 3.55. The van der Waals surface area contributed by atoms with Crippen LogP contribution >= 0.6 is 0 Å². The van der Waals surface area contributed by atoms with Gasteiger partial charge in [0.25, 0.3) is 0 Å². The van der Waals surface area contributed by atoms with Crippen LogP contribution in [0.15, 0.2) is 12.4 Å². The van der Waals surface area contributed by atoms with Gasteiger partial charge < -0.3 is 9.47 Å². The number of nitrogens with zero attached hydrogens (tertiary/aromatic N) is 4. The van der Waals surface area contributed by atoms with Crippen molar-refractivity contribution < 1.29 is 4.79 Å². The van der Waals surface area contributed by atoms with Crippen LogP contribution in [0.3, 0.4) is 0 Å². The topological polar surface area (TPSA) is 41.4 Å². The van der Waals surface area contributed by atoms with E-state index in [1.165, 1.54) is 12.8 Å². The third kappa shape index (κ3) is 3.94. The number of aromatic nitrogens is 2. The SMILES string of the molecule is CCn1ccnc1CN1CCC(=O)N(CC2CC2)C(C(C)C)C1. The third-order valence-corrected chi connectivity index (χ3v) is 5.24. The molecule has 5 nitrogen and oxygen atoms in total. The van der Waals surface area contributed by atoms with Gasteiger partial charge in [-0.25, -0.2) is 4.98 Å². The molecule has 128 valence electrons. The predicted octanol–water partition coefficient (Wildman–Crippen LogP) is 2.37. The van der Waals surface area contributed by atoms with Crippen LogP contribution in [0.4, 0.5) is 0 Å². The van der Waals surface area contributed by atoms with Gasteiger partial charge >= 0.3 is 0 Å². The molecule has 3 rings (SSSR count). The maximum Gasteiger partial charge on any atom is 0.224 e. The van der Waals surface area contributed by atoms with E-state index in [-0.39, 0.29) is 0 Å². The first-order valence-electron chi connectivity index (χ1n) is 9.10. The molecule has 5 heteroatoms. The van der Waals surface area contributed by atoms with Gasteiger partial charge in [-0.2, -0.15) is 0 Å². The van der Waals surface area contributed by atoms with Crippen molar-refractivity contribution in [3.63, 3.8) is 0 Å². The zero-order valence-electron chi connectivity index (χ0n) is 14.7. The molecule has 0 spiro atoms. The molecule has 1 amide bonds. The molecule has 1 saturated carbocycles. The van der Waals surface area contributed by atoms with Crippen LogP contribution in [-0.2, 0) is 17.9 Å². The predicted molar refractivity (Wildman–Crippen MR) is 90.9 cm³/mol. The van der Waals surface area contributed by atoms with E-state index in [9.17, 15) is 4.79 Å². The summed E-state index contributed by atoms with van der Waals surface area (Å²) in [5.41, 5.74) is 0. The Hall–Kier alpha value is -1.36. The Morgan fingerprint density at radius 1 is 1.35 bits per heavy atom. The maximum atomic E-state index is 12.6. The third-order valence-electron chi connectivity index (χ3n) is 5.24. The molecule has 0 bridgehead atoms. The second kappa shape index (κ2) is 7.04. The van der Waals surface area contributed by atoms with Crippen molar-refractivity contribution in [2.75, 3.05) is 19.6 Å². The minimum absolute atomic E-state index is 0.329. The quantitative estimate of drug-likeness (QED) is 0.808. The highest BCUT2D eigenvalue weighted by Gasteiger charge is 2.35. The summed E-state index contributed by atoms with van der Waals surface area (Å²) in [7, 11) is 0. The Labute approximate surface area is 139 Å².